The number of hydrogen-bond donors (Lipinski definition) is 1. The van der Waals surface area contributed by atoms with E-state index >= 15 is 0 Å². The molecule has 1 aromatic heterocycles. The van der Waals surface area contributed by atoms with Crippen molar-refractivity contribution < 1.29 is 14.3 Å². The summed E-state index contributed by atoms with van der Waals surface area (Å²) < 4.78 is 12.0. The second-order valence-corrected chi connectivity index (χ2v) is 6.15. The number of methoxy groups -OCH3 is 2. The van der Waals surface area contributed by atoms with Gasteiger partial charge in [-0.2, -0.15) is 5.10 Å². The molecule has 0 saturated heterocycles. The van der Waals surface area contributed by atoms with Crippen molar-refractivity contribution in [3.63, 3.8) is 0 Å². The molecular weight excluding hydrogens is 342 g/mol. The molecule has 2 aromatic carbocycles. The molecule has 140 valence electrons. The first-order chi connectivity index (χ1) is 13.1. The molecule has 6 heteroatoms. The molecule has 0 aliphatic rings. The number of carbonyl (C=O) groups is 1. The van der Waals surface area contributed by atoms with Crippen molar-refractivity contribution >= 4 is 5.91 Å². The van der Waals surface area contributed by atoms with E-state index in [0.29, 0.717) is 24.5 Å². The Hall–Kier alpha value is -3.12. The molecule has 0 unspecified atom stereocenters. The SMILES string of the molecule is COCCNC(=O)c1cc(-c2cccc(OC)c2)nn1-c1cccc(C)c1. The smallest absolute Gasteiger partial charge is 0.270 e. The molecule has 1 N–H and O–H groups in total. The summed E-state index contributed by atoms with van der Waals surface area (Å²) in [5.41, 5.74) is 3.98. The van der Waals surface area contributed by atoms with Gasteiger partial charge in [0.15, 0.2) is 0 Å². The second-order valence-electron chi connectivity index (χ2n) is 6.15. The van der Waals surface area contributed by atoms with Crippen LogP contribution in [0.4, 0.5) is 0 Å². The molecule has 0 fully saturated rings. The van der Waals surface area contributed by atoms with E-state index in [1.54, 1.807) is 25.0 Å². The predicted octanol–water partition coefficient (Wildman–Crippen LogP) is 3.23. The fourth-order valence-electron chi connectivity index (χ4n) is 2.78. The minimum Gasteiger partial charge on any atom is -0.497 e. The van der Waals surface area contributed by atoms with E-state index in [1.807, 2.05) is 55.5 Å². The van der Waals surface area contributed by atoms with Crippen LogP contribution in [0.25, 0.3) is 16.9 Å². The van der Waals surface area contributed by atoms with Crippen molar-refractivity contribution in [3.8, 4) is 22.7 Å². The van der Waals surface area contributed by atoms with Gasteiger partial charge in [0.1, 0.15) is 11.4 Å². The molecule has 0 aliphatic carbocycles. The minimum absolute atomic E-state index is 0.199. The summed E-state index contributed by atoms with van der Waals surface area (Å²) in [5.74, 6) is 0.541. The fourth-order valence-corrected chi connectivity index (χ4v) is 2.78. The van der Waals surface area contributed by atoms with Crippen LogP contribution >= 0.6 is 0 Å². The van der Waals surface area contributed by atoms with Crippen LogP contribution in [-0.4, -0.2) is 43.1 Å². The number of nitrogens with one attached hydrogen (secondary N) is 1. The molecule has 3 rings (SSSR count). The first-order valence-corrected chi connectivity index (χ1v) is 8.71. The summed E-state index contributed by atoms with van der Waals surface area (Å²) in [6.45, 7) is 2.89. The third kappa shape index (κ3) is 4.35. The lowest BCUT2D eigenvalue weighted by atomic mass is 10.1. The molecule has 0 spiro atoms. The molecule has 27 heavy (non-hydrogen) atoms. The highest BCUT2D eigenvalue weighted by Gasteiger charge is 2.17. The van der Waals surface area contributed by atoms with Gasteiger partial charge in [-0.1, -0.05) is 24.3 Å². The maximum absolute atomic E-state index is 12.7. The maximum atomic E-state index is 12.7. The Kier molecular flexibility index (Phi) is 5.88. The van der Waals surface area contributed by atoms with Crippen LogP contribution in [0.5, 0.6) is 5.75 Å². The summed E-state index contributed by atoms with van der Waals surface area (Å²) in [7, 11) is 3.23. The highest BCUT2D eigenvalue weighted by molar-refractivity contribution is 5.94. The standard InChI is InChI=1S/C21H23N3O3/c1-15-6-4-8-17(12-15)24-20(21(25)22-10-11-26-2)14-19(23-24)16-7-5-9-18(13-16)27-3/h4-9,12-14H,10-11H2,1-3H3,(H,22,25). The minimum atomic E-state index is -0.199. The first kappa shape index (κ1) is 18.7. The molecule has 0 saturated carbocycles. The zero-order chi connectivity index (χ0) is 19.2. The number of aromatic nitrogens is 2. The molecule has 0 atom stereocenters. The Balaban J connectivity index is 2.04. The zero-order valence-electron chi connectivity index (χ0n) is 15.7. The van der Waals surface area contributed by atoms with Crippen LogP contribution in [0.15, 0.2) is 54.6 Å². The van der Waals surface area contributed by atoms with Gasteiger partial charge in [0, 0.05) is 19.2 Å². The number of rotatable bonds is 7. The number of hydrogen-bond acceptors (Lipinski definition) is 4. The maximum Gasteiger partial charge on any atom is 0.270 e. The van der Waals surface area contributed by atoms with Crippen molar-refractivity contribution in [3.05, 3.63) is 65.9 Å². The molecule has 0 radical (unpaired) electrons. The van der Waals surface area contributed by atoms with Gasteiger partial charge < -0.3 is 14.8 Å². The summed E-state index contributed by atoms with van der Waals surface area (Å²) in [5, 5.41) is 7.55. The van der Waals surface area contributed by atoms with Gasteiger partial charge in [0.2, 0.25) is 0 Å². The van der Waals surface area contributed by atoms with Gasteiger partial charge >= 0.3 is 0 Å². The monoisotopic (exact) mass is 365 g/mol. The first-order valence-electron chi connectivity index (χ1n) is 8.71. The van der Waals surface area contributed by atoms with Crippen molar-refractivity contribution in [2.75, 3.05) is 27.4 Å². The van der Waals surface area contributed by atoms with Crippen LogP contribution in [0.1, 0.15) is 16.1 Å². The van der Waals surface area contributed by atoms with E-state index in [2.05, 4.69) is 10.4 Å². The lowest BCUT2D eigenvalue weighted by Gasteiger charge is -2.08. The van der Waals surface area contributed by atoms with E-state index in [-0.39, 0.29) is 5.91 Å². The number of aryl methyl sites for hydroxylation is 1. The Morgan fingerprint density at radius 1 is 1.11 bits per heavy atom. The number of carbonyl (C=O) groups excluding carboxylic acids is 1. The number of benzene rings is 2. The molecule has 0 aliphatic heterocycles. The average molecular weight is 365 g/mol. The fraction of sp³-hybridized carbons (Fsp3) is 0.238. The van der Waals surface area contributed by atoms with E-state index < -0.39 is 0 Å². The van der Waals surface area contributed by atoms with Crippen LogP contribution in [0.2, 0.25) is 0 Å². The highest BCUT2D eigenvalue weighted by Crippen LogP contribution is 2.25. The van der Waals surface area contributed by atoms with E-state index in [0.717, 1.165) is 22.6 Å². The van der Waals surface area contributed by atoms with Crippen LogP contribution < -0.4 is 10.1 Å². The van der Waals surface area contributed by atoms with Gasteiger partial charge in [-0.05, 0) is 42.8 Å². The van der Waals surface area contributed by atoms with Crippen LogP contribution in [0, 0.1) is 6.92 Å². The second kappa shape index (κ2) is 8.51. The summed E-state index contributed by atoms with van der Waals surface area (Å²) in [6.07, 6.45) is 0. The van der Waals surface area contributed by atoms with Crippen LogP contribution in [0.3, 0.4) is 0 Å². The van der Waals surface area contributed by atoms with E-state index in [4.69, 9.17) is 9.47 Å². The largest absolute Gasteiger partial charge is 0.497 e. The predicted molar refractivity (Wildman–Crippen MR) is 104 cm³/mol. The van der Waals surface area contributed by atoms with Gasteiger partial charge in [-0.25, -0.2) is 4.68 Å². The van der Waals surface area contributed by atoms with Crippen LogP contribution in [-0.2, 0) is 4.74 Å². The van der Waals surface area contributed by atoms with Crippen molar-refractivity contribution in [2.24, 2.45) is 0 Å². The summed E-state index contributed by atoms with van der Waals surface area (Å²) >= 11 is 0. The van der Waals surface area contributed by atoms with Crippen molar-refractivity contribution in [1.82, 2.24) is 15.1 Å². The van der Waals surface area contributed by atoms with Gasteiger partial charge in [0.25, 0.3) is 5.91 Å². The third-order valence-corrected chi connectivity index (χ3v) is 4.15. The average Bonchev–Trinajstić information content (AvgIpc) is 3.14. The molecule has 6 nitrogen and oxygen atoms in total. The number of nitrogens with zero attached hydrogens (tertiary/aromatic N) is 2. The number of amides is 1. The summed E-state index contributed by atoms with van der Waals surface area (Å²) in [4.78, 5) is 12.7. The zero-order valence-corrected chi connectivity index (χ0v) is 15.7. The van der Waals surface area contributed by atoms with Crippen molar-refractivity contribution in [2.45, 2.75) is 6.92 Å². The Bertz CT molecular complexity index is 934. The Morgan fingerprint density at radius 3 is 2.67 bits per heavy atom. The molecule has 3 aromatic rings. The third-order valence-electron chi connectivity index (χ3n) is 4.15. The summed E-state index contributed by atoms with van der Waals surface area (Å²) in [6, 6.07) is 17.3. The Labute approximate surface area is 158 Å². The van der Waals surface area contributed by atoms with Crippen molar-refractivity contribution in [1.29, 1.82) is 0 Å². The normalized spacial score (nSPS) is 10.6. The highest BCUT2D eigenvalue weighted by atomic mass is 16.5. The Morgan fingerprint density at radius 2 is 1.93 bits per heavy atom. The van der Waals surface area contributed by atoms with Gasteiger partial charge in [-0.15, -0.1) is 0 Å². The van der Waals surface area contributed by atoms with Gasteiger partial charge in [0.05, 0.1) is 25.1 Å². The molecule has 1 amide bonds. The molecule has 1 heterocycles. The topological polar surface area (TPSA) is 65.4 Å². The lowest BCUT2D eigenvalue weighted by Crippen LogP contribution is -2.28. The molecular formula is C21H23N3O3. The van der Waals surface area contributed by atoms with E-state index in [1.165, 1.54) is 0 Å². The van der Waals surface area contributed by atoms with E-state index in [9.17, 15) is 4.79 Å². The molecule has 0 bridgehead atoms. The lowest BCUT2D eigenvalue weighted by molar-refractivity contribution is 0.0929. The quantitative estimate of drug-likeness (QED) is 0.653. The number of ether oxygens (including phenoxy) is 2. The van der Waals surface area contributed by atoms with Gasteiger partial charge in [-0.3, -0.25) is 4.79 Å².